The number of alkyl halides is 3. The molecule has 8 nitrogen and oxygen atoms in total. The quantitative estimate of drug-likeness (QED) is 0.574. The smallest absolute Gasteiger partial charge is 0.331 e. The van der Waals surface area contributed by atoms with Crippen LogP contribution in [0.1, 0.15) is 25.4 Å². The minimum absolute atomic E-state index is 0.0730. The van der Waals surface area contributed by atoms with Crippen LogP contribution in [0.25, 0.3) is 17.0 Å². The van der Waals surface area contributed by atoms with Gasteiger partial charge in [-0.25, -0.2) is 9.19 Å². The molecule has 3 aromatic heterocycles. The third kappa shape index (κ3) is 4.36. The van der Waals surface area contributed by atoms with Gasteiger partial charge >= 0.3 is 11.3 Å². The first kappa shape index (κ1) is 20.3. The van der Waals surface area contributed by atoms with E-state index in [2.05, 4.69) is 24.0 Å². The molecule has 1 unspecified atom stereocenters. The summed E-state index contributed by atoms with van der Waals surface area (Å²) in [6.07, 6.45) is 4.55. The van der Waals surface area contributed by atoms with Crippen molar-refractivity contribution in [2.75, 3.05) is 6.26 Å². The molecule has 150 valence electrons. The highest BCUT2D eigenvalue weighted by Crippen LogP contribution is 2.32. The molecule has 0 bridgehead atoms. The molecule has 1 amide bonds. The van der Waals surface area contributed by atoms with Gasteiger partial charge in [0.05, 0.1) is 21.8 Å². The van der Waals surface area contributed by atoms with Gasteiger partial charge in [-0.2, -0.15) is 18.1 Å². The Labute approximate surface area is 164 Å². The van der Waals surface area contributed by atoms with Gasteiger partial charge in [0.2, 0.25) is 5.82 Å². The Morgan fingerprint density at radius 1 is 1.43 bits per heavy atom. The molecule has 0 aliphatic rings. The van der Waals surface area contributed by atoms with Gasteiger partial charge in [0.15, 0.2) is 0 Å². The van der Waals surface area contributed by atoms with Crippen molar-refractivity contribution >= 4 is 32.9 Å². The van der Waals surface area contributed by atoms with Crippen LogP contribution in [0.5, 0.6) is 0 Å². The second kappa shape index (κ2) is 7.21. The number of hydrogen-bond donors (Lipinski definition) is 0. The summed E-state index contributed by atoms with van der Waals surface area (Å²) >= 11 is 4.86. The molecule has 3 heterocycles. The fourth-order valence-electron chi connectivity index (χ4n) is 2.21. The summed E-state index contributed by atoms with van der Waals surface area (Å²) in [6, 6.07) is 3.12. The molecule has 0 aliphatic heterocycles. The molecule has 0 saturated carbocycles. The molecule has 0 saturated heterocycles. The lowest BCUT2D eigenvalue weighted by Gasteiger charge is -2.06. The predicted molar refractivity (Wildman–Crippen MR) is 98.6 cm³/mol. The second-order valence-electron chi connectivity index (χ2n) is 6.41. The highest BCUT2D eigenvalue weighted by molar-refractivity contribution is 7.93. The van der Waals surface area contributed by atoms with Gasteiger partial charge < -0.3 is 8.92 Å². The normalized spacial score (nSPS) is 14.4. The minimum Gasteiger partial charge on any atom is -0.331 e. The number of rotatable bonds is 5. The molecule has 0 radical (unpaired) electrons. The molecule has 3 aromatic rings. The van der Waals surface area contributed by atoms with Gasteiger partial charge in [-0.3, -0.25) is 4.79 Å². The van der Waals surface area contributed by atoms with E-state index >= 15 is 0 Å². The van der Waals surface area contributed by atoms with Crippen LogP contribution in [-0.4, -0.2) is 41.1 Å². The van der Waals surface area contributed by atoms with Crippen LogP contribution in [0.15, 0.2) is 33.4 Å². The molecule has 0 aliphatic carbocycles. The van der Waals surface area contributed by atoms with E-state index < -0.39 is 26.9 Å². The van der Waals surface area contributed by atoms with E-state index in [1.807, 2.05) is 0 Å². The fraction of sp³-hybridized carbons (Fsp3) is 0.375. The number of aromatic nitrogens is 4. The maximum Gasteiger partial charge on any atom is 0.400 e. The van der Waals surface area contributed by atoms with Crippen molar-refractivity contribution in [3.05, 3.63) is 36.1 Å². The standard InChI is InChI=1S/C16H16ClF2N5O3S/c1-9(2)28(3,26)23-13(25)7-11-8-24-5-4-10(6-12(24)20-11)14-21-15(27-22-14)16(17,18)19/h4-6,8-9H,7H2,1-3H3. The Morgan fingerprint density at radius 3 is 2.75 bits per heavy atom. The topological polar surface area (TPSA) is 103 Å². The number of nitrogens with zero attached hydrogens (tertiary/aromatic N) is 5. The molecule has 0 spiro atoms. The van der Waals surface area contributed by atoms with Crippen LogP contribution in [0.4, 0.5) is 8.78 Å². The molecule has 0 fully saturated rings. The lowest BCUT2D eigenvalue weighted by Crippen LogP contribution is -2.14. The summed E-state index contributed by atoms with van der Waals surface area (Å²) in [5.74, 6) is -1.61. The predicted octanol–water partition coefficient (Wildman–Crippen LogP) is 3.25. The monoisotopic (exact) mass is 431 g/mol. The van der Waals surface area contributed by atoms with Gasteiger partial charge in [-0.15, -0.1) is 0 Å². The summed E-state index contributed by atoms with van der Waals surface area (Å²) in [7, 11) is -2.61. The van der Waals surface area contributed by atoms with Gasteiger partial charge in [0.25, 0.3) is 5.91 Å². The Balaban J connectivity index is 1.86. The number of halogens is 3. The van der Waals surface area contributed by atoms with Crippen molar-refractivity contribution < 1.29 is 22.3 Å². The third-order valence-electron chi connectivity index (χ3n) is 3.93. The number of imidazole rings is 1. The largest absolute Gasteiger partial charge is 0.400 e. The van der Waals surface area contributed by atoms with Crippen molar-refractivity contribution in [3.8, 4) is 11.4 Å². The van der Waals surface area contributed by atoms with Gasteiger partial charge in [0, 0.05) is 29.5 Å². The van der Waals surface area contributed by atoms with Crippen LogP contribution in [0.2, 0.25) is 0 Å². The number of carbonyl (C=O) groups is 1. The van der Waals surface area contributed by atoms with Gasteiger partial charge in [0.1, 0.15) is 5.65 Å². The van der Waals surface area contributed by atoms with E-state index in [1.165, 1.54) is 6.26 Å². The van der Waals surface area contributed by atoms with E-state index in [4.69, 9.17) is 11.6 Å². The SMILES string of the molecule is CC(C)S(C)(=O)=NC(=O)Cc1cn2ccc(-c3noc(C(F)(F)Cl)n3)cc2n1. The first-order valence-corrected chi connectivity index (χ1v) is 10.4. The molecule has 0 aromatic carbocycles. The molecule has 0 N–H and O–H groups in total. The maximum atomic E-state index is 13.0. The highest BCUT2D eigenvalue weighted by Gasteiger charge is 2.35. The van der Waals surface area contributed by atoms with E-state index in [-0.39, 0.29) is 17.5 Å². The van der Waals surface area contributed by atoms with Crippen molar-refractivity contribution in [3.63, 3.8) is 0 Å². The zero-order valence-corrected chi connectivity index (χ0v) is 16.7. The van der Waals surface area contributed by atoms with Crippen molar-refractivity contribution in [1.29, 1.82) is 0 Å². The molecular weight excluding hydrogens is 416 g/mol. The number of amides is 1. The first-order chi connectivity index (χ1) is 13.0. The van der Waals surface area contributed by atoms with E-state index in [0.29, 0.717) is 16.9 Å². The molecule has 3 rings (SSSR count). The van der Waals surface area contributed by atoms with Crippen LogP contribution in [0.3, 0.4) is 0 Å². The third-order valence-corrected chi connectivity index (χ3v) is 6.40. The molecule has 12 heteroatoms. The number of carbonyl (C=O) groups excluding carboxylic acids is 1. The lowest BCUT2D eigenvalue weighted by atomic mass is 10.2. The number of pyridine rings is 1. The Bertz CT molecular complexity index is 1160. The minimum atomic E-state index is -3.76. The van der Waals surface area contributed by atoms with E-state index in [0.717, 1.165) is 0 Å². The summed E-state index contributed by atoms with van der Waals surface area (Å²) < 4.78 is 48.2. The van der Waals surface area contributed by atoms with E-state index in [9.17, 15) is 17.8 Å². The zero-order chi connectivity index (χ0) is 20.7. The highest BCUT2D eigenvalue weighted by atomic mass is 35.5. The molecular formula is C16H16ClF2N5O3S. The van der Waals surface area contributed by atoms with Gasteiger partial charge in [-0.1, -0.05) is 19.0 Å². The maximum absolute atomic E-state index is 13.0. The summed E-state index contributed by atoms with van der Waals surface area (Å²) in [6.45, 7) is 3.46. The summed E-state index contributed by atoms with van der Waals surface area (Å²) in [5.41, 5.74) is 1.24. The lowest BCUT2D eigenvalue weighted by molar-refractivity contribution is -0.117. The van der Waals surface area contributed by atoms with Crippen molar-refractivity contribution in [2.45, 2.75) is 30.9 Å². The first-order valence-electron chi connectivity index (χ1n) is 8.08. The van der Waals surface area contributed by atoms with Gasteiger partial charge in [-0.05, 0) is 23.7 Å². The number of hydrogen-bond acceptors (Lipinski definition) is 6. The Kier molecular flexibility index (Phi) is 5.24. The van der Waals surface area contributed by atoms with E-state index in [1.54, 1.807) is 42.8 Å². The summed E-state index contributed by atoms with van der Waals surface area (Å²) in [4.78, 5) is 20.0. The van der Waals surface area contributed by atoms with Crippen LogP contribution >= 0.6 is 11.6 Å². The average molecular weight is 432 g/mol. The fourth-order valence-corrected chi connectivity index (χ4v) is 2.97. The van der Waals surface area contributed by atoms with Crippen molar-refractivity contribution in [2.24, 2.45) is 4.36 Å². The summed E-state index contributed by atoms with van der Waals surface area (Å²) in [5, 5.41) is -0.523. The van der Waals surface area contributed by atoms with Crippen molar-refractivity contribution in [1.82, 2.24) is 19.5 Å². The number of fused-ring (bicyclic) bond motifs is 1. The zero-order valence-electron chi connectivity index (χ0n) is 15.1. The Hall–Kier alpha value is -2.40. The van der Waals surface area contributed by atoms with Crippen LogP contribution < -0.4 is 0 Å². The molecule has 28 heavy (non-hydrogen) atoms. The van der Waals surface area contributed by atoms with Crippen LogP contribution in [-0.2, 0) is 26.3 Å². The second-order valence-corrected chi connectivity index (χ2v) is 9.73. The Morgan fingerprint density at radius 2 is 2.14 bits per heavy atom. The average Bonchev–Trinajstić information content (AvgIpc) is 3.19. The molecule has 1 atom stereocenters. The van der Waals surface area contributed by atoms with Crippen LogP contribution in [0, 0.1) is 0 Å².